The van der Waals surface area contributed by atoms with Crippen LogP contribution < -0.4 is 5.32 Å². The molecule has 0 aliphatic heterocycles. The largest absolute Gasteiger partial charge is 0.480 e. The number of unbranched alkanes of at least 4 members (excludes halogenated alkanes) is 1. The summed E-state index contributed by atoms with van der Waals surface area (Å²) in [5.74, 6) is -1.39. The molecule has 0 radical (unpaired) electrons. The van der Waals surface area contributed by atoms with Crippen molar-refractivity contribution in [3.8, 4) is 0 Å². The number of aliphatic carboxylic acids is 1. The van der Waals surface area contributed by atoms with Crippen molar-refractivity contribution in [2.75, 3.05) is 0 Å². The number of rotatable bonds is 6. The smallest absolute Gasteiger partial charge is 0.326 e. The van der Waals surface area contributed by atoms with Gasteiger partial charge in [-0.05, 0) is 24.6 Å². The summed E-state index contributed by atoms with van der Waals surface area (Å²) in [7, 11) is 0. The van der Waals surface area contributed by atoms with Gasteiger partial charge in [0.2, 0.25) is 0 Å². The predicted octanol–water partition coefficient (Wildman–Crippen LogP) is 3.58. The van der Waals surface area contributed by atoms with Crippen molar-refractivity contribution in [2.45, 2.75) is 32.2 Å². The summed E-state index contributed by atoms with van der Waals surface area (Å²) in [5.41, 5.74) is 0.420. The summed E-state index contributed by atoms with van der Waals surface area (Å²) in [4.78, 5) is 23.1. The molecule has 0 heterocycles. The van der Waals surface area contributed by atoms with Crippen molar-refractivity contribution < 1.29 is 14.7 Å². The van der Waals surface area contributed by atoms with Crippen LogP contribution in [0.3, 0.4) is 0 Å². The second-order valence-corrected chi connectivity index (χ2v) is 6.00. The van der Waals surface area contributed by atoms with Crippen LogP contribution in [0.2, 0.25) is 0 Å². The Hall–Kier alpha value is -0.880. The molecule has 0 aliphatic carbocycles. The van der Waals surface area contributed by atoms with Crippen LogP contribution in [0.25, 0.3) is 0 Å². The number of amides is 1. The van der Waals surface area contributed by atoms with Crippen LogP contribution in [0.1, 0.15) is 36.5 Å². The highest BCUT2D eigenvalue weighted by Crippen LogP contribution is 2.20. The zero-order valence-corrected chi connectivity index (χ0v) is 13.6. The summed E-state index contributed by atoms with van der Waals surface area (Å²) in [6.07, 6.45) is 2.09. The summed E-state index contributed by atoms with van der Waals surface area (Å²) >= 11 is 6.58. The fraction of sp³-hybridized carbons (Fsp3) is 0.385. The summed E-state index contributed by atoms with van der Waals surface area (Å²) in [6, 6.07) is 4.27. The zero-order valence-electron chi connectivity index (χ0n) is 10.5. The van der Waals surface area contributed by atoms with Gasteiger partial charge in [0, 0.05) is 14.5 Å². The number of carboxylic acids is 1. The van der Waals surface area contributed by atoms with Crippen molar-refractivity contribution in [2.24, 2.45) is 0 Å². The van der Waals surface area contributed by atoms with Gasteiger partial charge in [-0.1, -0.05) is 51.6 Å². The Balaban J connectivity index is 2.78. The molecule has 0 bridgehead atoms. The second-order valence-electron chi connectivity index (χ2n) is 4.16. The molecule has 6 heteroatoms. The normalized spacial score (nSPS) is 11.9. The molecule has 104 valence electrons. The van der Waals surface area contributed by atoms with Gasteiger partial charge in [0.15, 0.2) is 0 Å². The van der Waals surface area contributed by atoms with Crippen molar-refractivity contribution in [3.05, 3.63) is 32.7 Å². The summed E-state index contributed by atoms with van der Waals surface area (Å²) in [6.45, 7) is 1.98. The van der Waals surface area contributed by atoms with E-state index in [1.165, 1.54) is 0 Å². The van der Waals surface area contributed by atoms with E-state index in [2.05, 4.69) is 37.2 Å². The molecule has 1 aromatic carbocycles. The molecule has 0 fully saturated rings. The van der Waals surface area contributed by atoms with Crippen LogP contribution in [0.4, 0.5) is 0 Å². The van der Waals surface area contributed by atoms with E-state index in [1.54, 1.807) is 12.1 Å². The Kier molecular flexibility index (Phi) is 6.51. The minimum atomic E-state index is -1.00. The summed E-state index contributed by atoms with van der Waals surface area (Å²) in [5, 5.41) is 11.6. The van der Waals surface area contributed by atoms with E-state index in [0.29, 0.717) is 12.0 Å². The van der Waals surface area contributed by atoms with Crippen LogP contribution >= 0.6 is 31.9 Å². The van der Waals surface area contributed by atoms with Gasteiger partial charge in [0.1, 0.15) is 6.04 Å². The first kappa shape index (κ1) is 16.2. The molecule has 19 heavy (non-hydrogen) atoms. The van der Waals surface area contributed by atoms with Gasteiger partial charge in [-0.2, -0.15) is 0 Å². The molecule has 1 aromatic rings. The van der Waals surface area contributed by atoms with Crippen LogP contribution in [-0.4, -0.2) is 23.0 Å². The molecule has 0 saturated heterocycles. The lowest BCUT2D eigenvalue weighted by atomic mass is 10.1. The molecule has 1 atom stereocenters. The van der Waals surface area contributed by atoms with E-state index in [4.69, 9.17) is 5.11 Å². The van der Waals surface area contributed by atoms with E-state index < -0.39 is 12.0 Å². The molecule has 0 aliphatic rings. The lowest BCUT2D eigenvalue weighted by Gasteiger charge is -2.14. The van der Waals surface area contributed by atoms with Gasteiger partial charge in [-0.15, -0.1) is 0 Å². The molecule has 0 aromatic heterocycles. The summed E-state index contributed by atoms with van der Waals surface area (Å²) < 4.78 is 1.51. The highest BCUT2D eigenvalue weighted by Gasteiger charge is 2.20. The molecule has 1 rings (SSSR count). The second kappa shape index (κ2) is 7.65. The highest BCUT2D eigenvalue weighted by atomic mass is 79.9. The Bertz CT molecular complexity index is 457. The number of halogens is 2. The van der Waals surface area contributed by atoms with E-state index in [-0.39, 0.29) is 5.91 Å². The van der Waals surface area contributed by atoms with E-state index in [1.807, 2.05) is 13.0 Å². The van der Waals surface area contributed by atoms with Gasteiger partial charge in [-0.25, -0.2) is 4.79 Å². The Morgan fingerprint density at radius 2 is 1.84 bits per heavy atom. The van der Waals surface area contributed by atoms with Crippen LogP contribution in [0, 0.1) is 0 Å². The van der Waals surface area contributed by atoms with Crippen molar-refractivity contribution >= 4 is 43.7 Å². The minimum Gasteiger partial charge on any atom is -0.480 e. The number of carboxylic acid groups (broad SMARTS) is 1. The average Bonchev–Trinajstić information content (AvgIpc) is 2.32. The number of hydrogen-bond donors (Lipinski definition) is 2. The SMILES string of the molecule is CCCCC(NC(=O)c1cc(Br)cc(Br)c1)C(=O)O. The Labute approximate surface area is 128 Å². The topological polar surface area (TPSA) is 66.4 Å². The number of nitrogens with one attached hydrogen (secondary N) is 1. The zero-order chi connectivity index (χ0) is 14.4. The van der Waals surface area contributed by atoms with Gasteiger partial charge < -0.3 is 10.4 Å². The number of hydrogen-bond acceptors (Lipinski definition) is 2. The Morgan fingerprint density at radius 1 is 1.26 bits per heavy atom. The van der Waals surface area contributed by atoms with Crippen molar-refractivity contribution in [1.82, 2.24) is 5.32 Å². The molecule has 1 unspecified atom stereocenters. The van der Waals surface area contributed by atoms with E-state index in [0.717, 1.165) is 21.8 Å². The number of benzene rings is 1. The number of carbonyl (C=O) groups excluding carboxylic acids is 1. The minimum absolute atomic E-state index is 0.384. The Morgan fingerprint density at radius 3 is 2.32 bits per heavy atom. The first-order valence-corrected chi connectivity index (χ1v) is 7.52. The molecule has 2 N–H and O–H groups in total. The molecular formula is C13H15Br2NO3. The van der Waals surface area contributed by atoms with Gasteiger partial charge in [0.05, 0.1) is 0 Å². The highest BCUT2D eigenvalue weighted by molar-refractivity contribution is 9.11. The van der Waals surface area contributed by atoms with E-state index >= 15 is 0 Å². The average molecular weight is 393 g/mol. The molecule has 1 amide bonds. The predicted molar refractivity (Wildman–Crippen MR) is 80.3 cm³/mol. The van der Waals surface area contributed by atoms with Gasteiger partial charge >= 0.3 is 5.97 Å². The fourth-order valence-corrected chi connectivity index (χ4v) is 2.89. The maximum absolute atomic E-state index is 12.0. The lowest BCUT2D eigenvalue weighted by molar-refractivity contribution is -0.139. The maximum Gasteiger partial charge on any atom is 0.326 e. The molecular weight excluding hydrogens is 378 g/mol. The first-order chi connectivity index (χ1) is 8.93. The van der Waals surface area contributed by atoms with E-state index in [9.17, 15) is 9.59 Å². The third-order valence-electron chi connectivity index (χ3n) is 2.57. The monoisotopic (exact) mass is 391 g/mol. The maximum atomic E-state index is 12.0. The van der Waals surface area contributed by atoms with Crippen LogP contribution in [-0.2, 0) is 4.79 Å². The standard InChI is InChI=1S/C13H15Br2NO3/c1-2-3-4-11(13(18)19)16-12(17)8-5-9(14)7-10(15)6-8/h5-7,11H,2-4H2,1H3,(H,16,17)(H,18,19). The quantitative estimate of drug-likeness (QED) is 0.777. The molecule has 0 spiro atoms. The third kappa shape index (κ3) is 5.32. The fourth-order valence-electron chi connectivity index (χ4n) is 1.59. The number of carbonyl (C=O) groups is 2. The first-order valence-electron chi connectivity index (χ1n) is 5.93. The lowest BCUT2D eigenvalue weighted by Crippen LogP contribution is -2.40. The van der Waals surface area contributed by atoms with Gasteiger partial charge in [-0.3, -0.25) is 4.79 Å². The van der Waals surface area contributed by atoms with Crippen LogP contribution in [0.15, 0.2) is 27.1 Å². The third-order valence-corrected chi connectivity index (χ3v) is 3.49. The van der Waals surface area contributed by atoms with Crippen LogP contribution in [0.5, 0.6) is 0 Å². The van der Waals surface area contributed by atoms with Gasteiger partial charge in [0.25, 0.3) is 5.91 Å². The van der Waals surface area contributed by atoms with Crippen molar-refractivity contribution in [1.29, 1.82) is 0 Å². The molecule has 0 saturated carbocycles. The molecule has 4 nitrogen and oxygen atoms in total. The van der Waals surface area contributed by atoms with Crippen molar-refractivity contribution in [3.63, 3.8) is 0 Å².